The molecule has 4 aromatic heterocycles. The Bertz CT molecular complexity index is 3310. The Hall–Kier alpha value is -4.66. The van der Waals surface area contributed by atoms with E-state index in [-0.39, 0.29) is 48.4 Å². The van der Waals surface area contributed by atoms with Gasteiger partial charge < -0.3 is 0 Å². The van der Waals surface area contributed by atoms with Crippen molar-refractivity contribution in [2.24, 2.45) is 0 Å². The Kier molecular flexibility index (Phi) is 13.8. The summed E-state index contributed by atoms with van der Waals surface area (Å²) >= 11 is 26.9. The predicted molar refractivity (Wildman–Crippen MR) is 246 cm³/mol. The summed E-state index contributed by atoms with van der Waals surface area (Å²) in [5.74, 6) is -0.0358. The maximum atomic E-state index is 13.5. The van der Waals surface area contributed by atoms with Crippen LogP contribution >= 0.6 is 69.1 Å². The average molecular weight is 1050 g/mol. The highest BCUT2D eigenvalue weighted by Gasteiger charge is 2.37. The van der Waals surface area contributed by atoms with Gasteiger partial charge in [-0.25, -0.2) is 26.2 Å². The van der Waals surface area contributed by atoms with E-state index in [1.54, 1.807) is 61.5 Å². The van der Waals surface area contributed by atoms with Crippen molar-refractivity contribution in [1.29, 1.82) is 0 Å². The van der Waals surface area contributed by atoms with E-state index in [0.717, 1.165) is 27.8 Å². The molecule has 0 radical (unpaired) electrons. The molecule has 22 heteroatoms. The fourth-order valence-electron chi connectivity index (χ4n) is 6.20. The number of hydrogen-bond acceptors (Lipinski definition) is 8. The summed E-state index contributed by atoms with van der Waals surface area (Å²) in [5.41, 5.74) is -0.0933. The molecule has 0 bridgehead atoms. The Labute approximate surface area is 396 Å². The Balaban J connectivity index is 0.000000194. The number of nitrogens with zero attached hydrogens (tertiary/aromatic N) is 4. The molecule has 0 N–H and O–H groups in total. The van der Waals surface area contributed by atoms with E-state index in [0.29, 0.717) is 40.7 Å². The van der Waals surface area contributed by atoms with Crippen molar-refractivity contribution >= 4 is 88.8 Å². The third-order valence-electron chi connectivity index (χ3n) is 9.39. The second kappa shape index (κ2) is 18.6. The number of halogens is 10. The second-order valence-electron chi connectivity index (χ2n) is 13.9. The van der Waals surface area contributed by atoms with Gasteiger partial charge in [-0.2, -0.15) is 36.5 Å². The largest absolute Gasteiger partial charge is 0.435 e. The molecule has 4 heterocycles. The van der Waals surface area contributed by atoms with Gasteiger partial charge in [0.1, 0.15) is 0 Å². The molecule has 0 atom stereocenters. The van der Waals surface area contributed by atoms with Crippen molar-refractivity contribution < 1.29 is 43.2 Å². The van der Waals surface area contributed by atoms with Crippen LogP contribution in [-0.2, 0) is 32.0 Å². The number of benzene rings is 4. The van der Waals surface area contributed by atoms with Gasteiger partial charge in [0.2, 0.25) is 0 Å². The first kappa shape index (κ1) is 48.3. The quantitative estimate of drug-likeness (QED) is 0.133. The van der Waals surface area contributed by atoms with Gasteiger partial charge in [0.05, 0.1) is 58.1 Å². The van der Waals surface area contributed by atoms with Crippen molar-refractivity contribution in [3.05, 3.63) is 153 Å². The first-order chi connectivity index (χ1) is 30.4. The highest BCUT2D eigenvalue weighted by molar-refractivity contribution is 7.91. The van der Waals surface area contributed by atoms with Crippen LogP contribution < -0.4 is 0 Å². The molecule has 0 aliphatic carbocycles. The Morgan fingerprint density at radius 2 is 0.938 bits per heavy atom. The molecule has 0 amide bonds. The Morgan fingerprint density at radius 1 is 0.538 bits per heavy atom. The molecule has 4 aromatic carbocycles. The van der Waals surface area contributed by atoms with E-state index in [1.165, 1.54) is 77.3 Å². The SMILES string of the molecule is CCS(=O)(=O)c1cccc(-c2ccc(-c3cc(C(F)(F)F)nn3-c3cc(Cl)ccc3Cl)s2)c1.CS(=O)(=O)c1cccc(-c2ccc(-c3cc(C(F)(F)F)nn3-c3cc(Cl)ccc3Cl)s2)c1. The van der Waals surface area contributed by atoms with Crippen LogP contribution in [0.1, 0.15) is 18.3 Å². The fraction of sp³-hybridized carbons (Fsp3) is 0.116. The van der Waals surface area contributed by atoms with Crippen LogP contribution in [0.15, 0.2) is 131 Å². The molecule has 8 aromatic rings. The van der Waals surface area contributed by atoms with Crippen LogP contribution in [0.2, 0.25) is 20.1 Å². The molecule has 338 valence electrons. The van der Waals surface area contributed by atoms with Gasteiger partial charge in [0, 0.05) is 26.1 Å². The normalized spacial score (nSPS) is 12.3. The summed E-state index contributed by atoms with van der Waals surface area (Å²) in [5, 5.41) is 8.44. The number of thiophene rings is 2. The van der Waals surface area contributed by atoms with Crippen LogP contribution in [-0.4, -0.2) is 48.4 Å². The first-order valence-electron chi connectivity index (χ1n) is 18.5. The molecular weight excluding hydrogens is 1020 g/mol. The number of hydrogen-bond donors (Lipinski definition) is 0. The van der Waals surface area contributed by atoms with Crippen LogP contribution in [0.25, 0.3) is 53.4 Å². The van der Waals surface area contributed by atoms with E-state index in [4.69, 9.17) is 46.4 Å². The lowest BCUT2D eigenvalue weighted by atomic mass is 10.2. The summed E-state index contributed by atoms with van der Waals surface area (Å²) in [6.45, 7) is 1.56. The summed E-state index contributed by atoms with van der Waals surface area (Å²) in [4.78, 5) is 2.70. The molecule has 0 aliphatic rings. The van der Waals surface area contributed by atoms with Crippen LogP contribution in [0.4, 0.5) is 26.3 Å². The maximum absolute atomic E-state index is 13.5. The molecule has 0 fully saturated rings. The van der Waals surface area contributed by atoms with E-state index in [2.05, 4.69) is 10.2 Å². The number of alkyl halides is 6. The molecule has 0 spiro atoms. The highest BCUT2D eigenvalue weighted by atomic mass is 35.5. The van der Waals surface area contributed by atoms with E-state index >= 15 is 0 Å². The number of sulfone groups is 2. The van der Waals surface area contributed by atoms with Gasteiger partial charge in [0.15, 0.2) is 31.1 Å². The van der Waals surface area contributed by atoms with E-state index < -0.39 is 43.4 Å². The number of rotatable bonds is 9. The van der Waals surface area contributed by atoms with E-state index in [9.17, 15) is 43.2 Å². The average Bonchev–Trinajstić information content (AvgIpc) is 4.08. The predicted octanol–water partition coefficient (Wildman–Crippen LogP) is 14.4. The topological polar surface area (TPSA) is 104 Å². The van der Waals surface area contributed by atoms with Crippen LogP contribution in [0, 0.1) is 0 Å². The smallest absolute Gasteiger partial charge is 0.230 e. The maximum Gasteiger partial charge on any atom is 0.435 e. The van der Waals surface area contributed by atoms with Crippen molar-refractivity contribution in [2.45, 2.75) is 29.1 Å². The van der Waals surface area contributed by atoms with Gasteiger partial charge in [-0.05, 0) is 108 Å². The molecule has 0 saturated heterocycles. The second-order valence-corrected chi connectivity index (χ2v) is 22.0. The summed E-state index contributed by atoms with van der Waals surface area (Å²) < 4.78 is 131. The third-order valence-corrected chi connectivity index (χ3v) is 15.7. The Morgan fingerprint density at radius 3 is 1.34 bits per heavy atom. The molecule has 0 saturated carbocycles. The van der Waals surface area contributed by atoms with Gasteiger partial charge in [-0.3, -0.25) is 0 Å². The van der Waals surface area contributed by atoms with Crippen molar-refractivity contribution in [1.82, 2.24) is 19.6 Å². The third kappa shape index (κ3) is 10.8. The molecule has 0 aliphatic heterocycles. The van der Waals surface area contributed by atoms with Gasteiger partial charge >= 0.3 is 12.4 Å². The standard InChI is InChI=1S/C22H15Cl2F3N2O2S2.C21H13Cl2F3N2O2S2/c1-2-33(30,31)15-5-3-4-13(10-15)19-8-9-20(32-19)18-12-21(22(25,26)27)28-29(18)17-11-14(23)6-7-16(17)24;1-32(29,30)14-4-2-3-12(9-14)18-7-8-19(31-18)17-11-20(21(24,25)26)27-28(17)16-10-13(22)5-6-15(16)23/h3-12H,2H2,1H3;2-11H,1H3. The lowest BCUT2D eigenvalue weighted by Gasteiger charge is -2.09. The first-order valence-corrected chi connectivity index (χ1v) is 25.2. The number of aromatic nitrogens is 4. The van der Waals surface area contributed by atoms with E-state index in [1.807, 2.05) is 0 Å². The molecular formula is C43H28Cl4F6N4O4S4. The summed E-state index contributed by atoms with van der Waals surface area (Å²) in [6, 6.07) is 30.3. The minimum Gasteiger partial charge on any atom is -0.230 e. The molecule has 8 nitrogen and oxygen atoms in total. The zero-order chi connectivity index (χ0) is 47.2. The molecule has 8 rings (SSSR count). The van der Waals surface area contributed by atoms with Gasteiger partial charge in [-0.15, -0.1) is 22.7 Å². The molecule has 65 heavy (non-hydrogen) atoms. The van der Waals surface area contributed by atoms with Crippen molar-refractivity contribution in [3.8, 4) is 53.4 Å². The zero-order valence-corrected chi connectivity index (χ0v) is 39.4. The summed E-state index contributed by atoms with van der Waals surface area (Å²) in [7, 11) is -6.81. The zero-order valence-electron chi connectivity index (χ0n) is 33.1. The monoisotopic (exact) mass is 1050 g/mol. The van der Waals surface area contributed by atoms with Gasteiger partial charge in [-0.1, -0.05) is 77.6 Å². The minimum atomic E-state index is -4.66. The fourth-order valence-corrected chi connectivity index (χ4v) is 10.5. The van der Waals surface area contributed by atoms with Gasteiger partial charge in [0.25, 0.3) is 0 Å². The molecule has 0 unspecified atom stereocenters. The van der Waals surface area contributed by atoms with Crippen LogP contribution in [0.5, 0.6) is 0 Å². The van der Waals surface area contributed by atoms with Crippen molar-refractivity contribution in [2.75, 3.05) is 12.0 Å². The van der Waals surface area contributed by atoms with Crippen molar-refractivity contribution in [3.63, 3.8) is 0 Å². The lowest BCUT2D eigenvalue weighted by Crippen LogP contribution is -2.07. The minimum absolute atomic E-state index is 0.0358. The summed E-state index contributed by atoms with van der Waals surface area (Å²) in [6.07, 6.45) is -8.21. The highest BCUT2D eigenvalue weighted by Crippen LogP contribution is 2.42. The lowest BCUT2D eigenvalue weighted by molar-refractivity contribution is -0.142. The van der Waals surface area contributed by atoms with Crippen LogP contribution in [0.3, 0.4) is 0 Å².